The molecule has 2 bridgehead atoms. The third-order valence-corrected chi connectivity index (χ3v) is 8.84. The summed E-state index contributed by atoms with van der Waals surface area (Å²) in [4.78, 5) is 49.9. The van der Waals surface area contributed by atoms with E-state index in [9.17, 15) is 36.4 Å². The fourth-order valence-electron chi connectivity index (χ4n) is 5.69. The molecule has 39 heavy (non-hydrogen) atoms. The van der Waals surface area contributed by atoms with Crippen molar-refractivity contribution in [3.05, 3.63) is 0 Å². The van der Waals surface area contributed by atoms with Crippen molar-refractivity contribution < 1.29 is 69.4 Å². The van der Waals surface area contributed by atoms with E-state index in [2.05, 4.69) is 4.74 Å². The van der Waals surface area contributed by atoms with E-state index in [0.717, 1.165) is 12.8 Å². The van der Waals surface area contributed by atoms with E-state index in [1.165, 1.54) is 0 Å². The smallest absolute Gasteiger partial charge is 0.405 e. The fourth-order valence-corrected chi connectivity index (χ4v) is 6.16. The molecule has 0 radical (unpaired) electrons. The Labute approximate surface area is 222 Å². The minimum Gasteiger partial charge on any atom is -0.458 e. The molecule has 13 nitrogen and oxygen atoms in total. The first kappa shape index (κ1) is 29.6. The molecule has 7 unspecified atom stereocenters. The largest absolute Gasteiger partial charge is 0.458 e. The highest BCUT2D eigenvalue weighted by Gasteiger charge is 2.72. The number of carbonyl (C=O) groups is 4. The van der Waals surface area contributed by atoms with Gasteiger partial charge in [0.2, 0.25) is 0 Å². The van der Waals surface area contributed by atoms with Crippen LogP contribution in [0.5, 0.6) is 0 Å². The summed E-state index contributed by atoms with van der Waals surface area (Å²) in [5.74, 6) is -5.65. The molecule has 1 N–H and O–H groups in total. The fraction of sp³-hybridized carbons (Fsp3) is 0.826. The molecule has 4 fully saturated rings. The minimum atomic E-state index is -5.84. The summed E-state index contributed by atoms with van der Waals surface area (Å²) >= 11 is 0. The molecular formula is C23H30F2O13S. The third-order valence-electron chi connectivity index (χ3n) is 7.82. The number of halogens is 2. The van der Waals surface area contributed by atoms with Gasteiger partial charge in [0.1, 0.15) is 42.9 Å². The number of hydrogen-bond acceptors (Lipinski definition) is 12. The molecule has 0 aromatic carbocycles. The SMILES string of the molecule is CC(C)C1(OC(=O)C2C3OC4C(OC(=O)C42)C3OC(=O)COCC(=O)OC(C)C(F)(F)S(=O)(=O)O)CCCC1. The van der Waals surface area contributed by atoms with Crippen LogP contribution in [0.25, 0.3) is 0 Å². The van der Waals surface area contributed by atoms with Gasteiger partial charge < -0.3 is 28.4 Å². The standard InChI is InChI=1S/C23H30F2O13S/c1-10(2)22(6-4-5-7-22)38-21(29)15-14-16-19(37-20(14)28)18(17(15)36-16)35-13(27)9-33-8-12(26)34-11(3)23(24,25)39(30,31)32/h10-11,14-19H,4-9H2,1-3H3,(H,30,31,32). The van der Waals surface area contributed by atoms with Crippen LogP contribution in [0.15, 0.2) is 0 Å². The van der Waals surface area contributed by atoms with Crippen LogP contribution in [-0.2, 0) is 57.7 Å². The van der Waals surface area contributed by atoms with Crippen LogP contribution in [0.2, 0.25) is 0 Å². The zero-order valence-corrected chi connectivity index (χ0v) is 22.2. The van der Waals surface area contributed by atoms with Crippen LogP contribution in [0.3, 0.4) is 0 Å². The zero-order valence-electron chi connectivity index (χ0n) is 21.4. The lowest BCUT2D eigenvalue weighted by Crippen LogP contribution is -2.50. The summed E-state index contributed by atoms with van der Waals surface area (Å²) in [7, 11) is -5.84. The van der Waals surface area contributed by atoms with E-state index in [1.54, 1.807) is 0 Å². The van der Waals surface area contributed by atoms with E-state index in [-0.39, 0.29) is 5.92 Å². The van der Waals surface area contributed by atoms with E-state index < -0.39 is 100 Å². The normalized spacial score (nSPS) is 31.7. The molecule has 220 valence electrons. The monoisotopic (exact) mass is 584 g/mol. The van der Waals surface area contributed by atoms with Crippen LogP contribution in [-0.4, -0.2) is 91.4 Å². The molecule has 0 aromatic rings. The zero-order chi connectivity index (χ0) is 28.9. The average Bonchev–Trinajstić information content (AvgIpc) is 3.57. The molecule has 0 aromatic heterocycles. The van der Waals surface area contributed by atoms with E-state index in [4.69, 9.17) is 28.2 Å². The lowest BCUT2D eigenvalue weighted by Gasteiger charge is -2.36. The van der Waals surface area contributed by atoms with E-state index >= 15 is 0 Å². The van der Waals surface area contributed by atoms with Crippen LogP contribution in [0.4, 0.5) is 8.78 Å². The molecule has 4 rings (SSSR count). The number of esters is 4. The highest BCUT2D eigenvalue weighted by molar-refractivity contribution is 7.86. The van der Waals surface area contributed by atoms with Crippen LogP contribution < -0.4 is 0 Å². The molecule has 1 aliphatic carbocycles. The van der Waals surface area contributed by atoms with Crippen LogP contribution in [0.1, 0.15) is 46.5 Å². The van der Waals surface area contributed by atoms with Gasteiger partial charge >= 0.3 is 39.2 Å². The number of alkyl halides is 2. The maximum atomic E-state index is 13.5. The summed E-state index contributed by atoms with van der Waals surface area (Å²) in [5, 5.41) is -4.76. The first-order chi connectivity index (χ1) is 18.1. The maximum Gasteiger partial charge on any atom is 0.405 e. The Bertz CT molecular complexity index is 1120. The Morgan fingerprint density at radius 1 is 1.08 bits per heavy atom. The highest BCUT2D eigenvalue weighted by Crippen LogP contribution is 2.52. The summed E-state index contributed by atoms with van der Waals surface area (Å²) in [6, 6.07) is 0. The Morgan fingerprint density at radius 3 is 2.28 bits per heavy atom. The Hall–Kier alpha value is -2.43. The molecule has 7 atom stereocenters. The van der Waals surface area contributed by atoms with Gasteiger partial charge in [-0.05, 0) is 38.5 Å². The lowest BCUT2D eigenvalue weighted by atomic mass is 9.78. The molecule has 16 heteroatoms. The van der Waals surface area contributed by atoms with Gasteiger partial charge in [-0.1, -0.05) is 13.8 Å². The minimum absolute atomic E-state index is 0.0476. The van der Waals surface area contributed by atoms with Crippen molar-refractivity contribution in [3.8, 4) is 0 Å². The number of hydrogen-bond donors (Lipinski definition) is 1. The summed E-state index contributed by atoms with van der Waals surface area (Å²) in [6.07, 6.45) is -3.25. The molecule has 3 saturated heterocycles. The first-order valence-electron chi connectivity index (χ1n) is 12.5. The Balaban J connectivity index is 1.32. The quantitative estimate of drug-likeness (QED) is 0.205. The van der Waals surface area contributed by atoms with Crippen molar-refractivity contribution in [2.45, 2.75) is 87.8 Å². The highest BCUT2D eigenvalue weighted by atomic mass is 32.2. The van der Waals surface area contributed by atoms with Gasteiger partial charge in [0.15, 0.2) is 18.3 Å². The van der Waals surface area contributed by atoms with Crippen LogP contribution >= 0.6 is 0 Å². The molecule has 3 aliphatic heterocycles. The van der Waals surface area contributed by atoms with Gasteiger partial charge in [-0.15, -0.1) is 0 Å². The van der Waals surface area contributed by atoms with Gasteiger partial charge in [-0.25, -0.2) is 9.59 Å². The molecule has 1 saturated carbocycles. The predicted octanol–water partition coefficient (Wildman–Crippen LogP) is 0.778. The average molecular weight is 585 g/mol. The molecule has 4 aliphatic rings. The lowest BCUT2D eigenvalue weighted by molar-refractivity contribution is -0.179. The predicted molar refractivity (Wildman–Crippen MR) is 120 cm³/mol. The van der Waals surface area contributed by atoms with Crippen molar-refractivity contribution in [1.82, 2.24) is 0 Å². The third kappa shape index (κ3) is 5.35. The summed E-state index contributed by atoms with van der Waals surface area (Å²) < 4.78 is 88.4. The number of carbonyl (C=O) groups excluding carboxylic acids is 4. The summed E-state index contributed by atoms with van der Waals surface area (Å²) in [5.41, 5.74) is -0.654. The number of fused-ring (bicyclic) bond motifs is 1. The van der Waals surface area contributed by atoms with Crippen molar-refractivity contribution in [2.75, 3.05) is 13.2 Å². The molecule has 3 heterocycles. The van der Waals surface area contributed by atoms with Gasteiger partial charge in [-0.3, -0.25) is 14.1 Å². The van der Waals surface area contributed by atoms with Crippen molar-refractivity contribution in [1.29, 1.82) is 0 Å². The van der Waals surface area contributed by atoms with Crippen molar-refractivity contribution in [2.24, 2.45) is 17.8 Å². The second kappa shape index (κ2) is 10.5. The van der Waals surface area contributed by atoms with Gasteiger partial charge in [0, 0.05) is 0 Å². The van der Waals surface area contributed by atoms with Crippen molar-refractivity contribution in [3.63, 3.8) is 0 Å². The summed E-state index contributed by atoms with van der Waals surface area (Å²) in [6.45, 7) is 2.57. The van der Waals surface area contributed by atoms with E-state index in [1.807, 2.05) is 13.8 Å². The number of rotatable bonds is 11. The topological polar surface area (TPSA) is 178 Å². The molecule has 0 amide bonds. The van der Waals surface area contributed by atoms with Crippen LogP contribution in [0, 0.1) is 17.8 Å². The van der Waals surface area contributed by atoms with Crippen molar-refractivity contribution >= 4 is 34.0 Å². The number of ether oxygens (including phenoxy) is 6. The Morgan fingerprint density at radius 2 is 1.69 bits per heavy atom. The molecule has 0 spiro atoms. The van der Waals surface area contributed by atoms with Gasteiger partial charge in [-0.2, -0.15) is 17.2 Å². The van der Waals surface area contributed by atoms with E-state index in [0.29, 0.717) is 19.8 Å². The van der Waals surface area contributed by atoms with Gasteiger partial charge in [0.25, 0.3) is 0 Å². The first-order valence-corrected chi connectivity index (χ1v) is 13.9. The maximum absolute atomic E-state index is 13.5. The second-order valence-electron chi connectivity index (χ2n) is 10.5. The molecular weight excluding hydrogens is 554 g/mol. The Kier molecular flexibility index (Phi) is 7.97. The second-order valence-corrected chi connectivity index (χ2v) is 12.0. The van der Waals surface area contributed by atoms with Gasteiger partial charge in [0.05, 0.1) is 0 Å².